The minimum Gasteiger partial charge on any atom is -0.354 e. The number of piperidine rings is 1. The van der Waals surface area contributed by atoms with Crippen LogP contribution in [0.3, 0.4) is 0 Å². The first-order valence-corrected chi connectivity index (χ1v) is 8.64. The van der Waals surface area contributed by atoms with E-state index in [0.717, 1.165) is 55.9 Å². The third-order valence-corrected chi connectivity index (χ3v) is 4.23. The number of hydrogen-bond donors (Lipinski definition) is 1. The molecule has 0 bridgehead atoms. The van der Waals surface area contributed by atoms with Gasteiger partial charge in [0.1, 0.15) is 12.2 Å². The van der Waals surface area contributed by atoms with Gasteiger partial charge in [-0.1, -0.05) is 26.0 Å². The molecule has 1 fully saturated rings. The zero-order chi connectivity index (χ0) is 16.7. The number of aryl methyl sites for hydroxylation is 1. The van der Waals surface area contributed by atoms with Crippen molar-refractivity contribution < 1.29 is 0 Å². The van der Waals surface area contributed by atoms with Crippen LogP contribution in [0.15, 0.2) is 23.5 Å². The number of guanidine groups is 1. The Kier molecular flexibility index (Phi) is 9.31. The fraction of sp³-hybridized carbons (Fsp3) is 0.706. The second-order valence-corrected chi connectivity index (χ2v) is 6.49. The molecule has 2 rings (SSSR count). The van der Waals surface area contributed by atoms with E-state index in [4.69, 9.17) is 4.99 Å². The highest BCUT2D eigenvalue weighted by Gasteiger charge is 2.18. The Morgan fingerprint density at radius 2 is 2.12 bits per heavy atom. The number of hydrogen-bond acceptors (Lipinski definition) is 3. The molecule has 24 heavy (non-hydrogen) atoms. The molecule has 6 nitrogen and oxygen atoms in total. The molecule has 7 heteroatoms. The number of nitrogens with zero attached hydrogens (tertiary/aromatic N) is 5. The van der Waals surface area contributed by atoms with Crippen molar-refractivity contribution in [2.24, 2.45) is 10.9 Å². The number of rotatable bonds is 6. The van der Waals surface area contributed by atoms with Crippen LogP contribution in [0.4, 0.5) is 0 Å². The van der Waals surface area contributed by atoms with Crippen LogP contribution < -0.4 is 5.32 Å². The van der Waals surface area contributed by atoms with Crippen LogP contribution in [0.5, 0.6) is 0 Å². The maximum atomic E-state index is 4.72. The SMILES string of the molecule is C=C(C)CN=C(NCCn1cnnc1CC)N1CCC(C)CC1.I. The Morgan fingerprint density at radius 1 is 1.42 bits per heavy atom. The van der Waals surface area contributed by atoms with Crippen LogP contribution in [0.2, 0.25) is 0 Å². The number of aliphatic imine (C=N–C) groups is 1. The van der Waals surface area contributed by atoms with Crippen molar-refractivity contribution >= 4 is 29.9 Å². The predicted octanol–water partition coefficient (Wildman–Crippen LogP) is 2.71. The monoisotopic (exact) mass is 446 g/mol. The highest BCUT2D eigenvalue weighted by atomic mass is 127. The summed E-state index contributed by atoms with van der Waals surface area (Å²) in [5.74, 6) is 2.85. The Bertz CT molecular complexity index is 531. The fourth-order valence-corrected chi connectivity index (χ4v) is 2.73. The van der Waals surface area contributed by atoms with Gasteiger partial charge in [-0.3, -0.25) is 0 Å². The lowest BCUT2D eigenvalue weighted by molar-refractivity contribution is 0.273. The van der Waals surface area contributed by atoms with Gasteiger partial charge in [0.25, 0.3) is 0 Å². The van der Waals surface area contributed by atoms with Crippen molar-refractivity contribution in [2.75, 3.05) is 26.2 Å². The van der Waals surface area contributed by atoms with E-state index in [1.54, 1.807) is 6.33 Å². The van der Waals surface area contributed by atoms with E-state index in [1.807, 2.05) is 6.92 Å². The molecule has 1 aliphatic heterocycles. The summed E-state index contributed by atoms with van der Waals surface area (Å²) in [6, 6.07) is 0. The summed E-state index contributed by atoms with van der Waals surface area (Å²) < 4.78 is 2.10. The van der Waals surface area contributed by atoms with E-state index in [1.165, 1.54) is 12.8 Å². The van der Waals surface area contributed by atoms with E-state index in [0.29, 0.717) is 6.54 Å². The molecular weight excluding hydrogens is 415 g/mol. The Hall–Kier alpha value is -1.12. The van der Waals surface area contributed by atoms with Crippen LogP contribution in [0.25, 0.3) is 0 Å². The molecule has 0 radical (unpaired) electrons. The van der Waals surface area contributed by atoms with E-state index in [-0.39, 0.29) is 24.0 Å². The van der Waals surface area contributed by atoms with Crippen molar-refractivity contribution in [1.82, 2.24) is 25.0 Å². The maximum Gasteiger partial charge on any atom is 0.194 e. The fourth-order valence-electron chi connectivity index (χ4n) is 2.73. The molecule has 0 aromatic carbocycles. The number of nitrogens with one attached hydrogen (secondary N) is 1. The maximum absolute atomic E-state index is 4.72. The van der Waals surface area contributed by atoms with Gasteiger partial charge >= 0.3 is 0 Å². The molecule has 1 N–H and O–H groups in total. The second-order valence-electron chi connectivity index (χ2n) is 6.49. The Morgan fingerprint density at radius 3 is 2.75 bits per heavy atom. The average Bonchev–Trinajstić information content (AvgIpc) is 2.99. The molecule has 2 heterocycles. The Balaban J connectivity index is 0.00000288. The van der Waals surface area contributed by atoms with Gasteiger partial charge in [-0.2, -0.15) is 0 Å². The minimum atomic E-state index is 0. The summed E-state index contributed by atoms with van der Waals surface area (Å²) in [6.07, 6.45) is 5.17. The van der Waals surface area contributed by atoms with E-state index in [2.05, 4.69) is 45.4 Å². The minimum absolute atomic E-state index is 0. The first-order chi connectivity index (χ1) is 11.1. The molecule has 0 saturated carbocycles. The molecular formula is C17H31IN6. The second kappa shape index (κ2) is 10.7. The Labute approximate surface area is 162 Å². The molecule has 1 saturated heterocycles. The third kappa shape index (κ3) is 6.41. The van der Waals surface area contributed by atoms with Crippen LogP contribution in [0, 0.1) is 5.92 Å². The topological polar surface area (TPSA) is 58.3 Å². The zero-order valence-electron chi connectivity index (χ0n) is 15.2. The summed E-state index contributed by atoms with van der Waals surface area (Å²) in [7, 11) is 0. The average molecular weight is 446 g/mol. The molecule has 0 unspecified atom stereocenters. The van der Waals surface area contributed by atoms with Crippen molar-refractivity contribution in [2.45, 2.75) is 46.6 Å². The molecule has 1 aromatic heterocycles. The van der Waals surface area contributed by atoms with Gasteiger partial charge in [-0.25, -0.2) is 4.99 Å². The standard InChI is InChI=1S/C17H30N6.HI/c1-5-16-21-20-13-23(16)11-8-18-17(19-12-14(2)3)22-9-6-15(4)7-10-22;/h13,15H,2,5-12H2,1,3-4H3,(H,18,19);1H. The number of aromatic nitrogens is 3. The van der Waals surface area contributed by atoms with E-state index >= 15 is 0 Å². The summed E-state index contributed by atoms with van der Waals surface area (Å²) in [5, 5.41) is 11.6. The molecule has 0 amide bonds. The van der Waals surface area contributed by atoms with Crippen molar-refractivity contribution in [3.8, 4) is 0 Å². The first kappa shape index (κ1) is 20.9. The van der Waals surface area contributed by atoms with Gasteiger partial charge in [0.2, 0.25) is 0 Å². The first-order valence-electron chi connectivity index (χ1n) is 8.64. The largest absolute Gasteiger partial charge is 0.354 e. The van der Waals surface area contributed by atoms with Gasteiger partial charge in [0, 0.05) is 32.6 Å². The van der Waals surface area contributed by atoms with Gasteiger partial charge in [0.05, 0.1) is 6.54 Å². The summed E-state index contributed by atoms with van der Waals surface area (Å²) >= 11 is 0. The predicted molar refractivity (Wildman–Crippen MR) is 110 cm³/mol. The summed E-state index contributed by atoms with van der Waals surface area (Å²) in [6.45, 7) is 14.9. The highest BCUT2D eigenvalue weighted by Crippen LogP contribution is 2.16. The zero-order valence-corrected chi connectivity index (χ0v) is 17.5. The van der Waals surface area contributed by atoms with Crippen LogP contribution in [-0.2, 0) is 13.0 Å². The van der Waals surface area contributed by atoms with E-state index in [9.17, 15) is 0 Å². The van der Waals surface area contributed by atoms with Gasteiger partial charge < -0.3 is 14.8 Å². The smallest absolute Gasteiger partial charge is 0.194 e. The quantitative estimate of drug-likeness (QED) is 0.316. The van der Waals surface area contributed by atoms with Crippen molar-refractivity contribution in [3.63, 3.8) is 0 Å². The van der Waals surface area contributed by atoms with Crippen LogP contribution >= 0.6 is 24.0 Å². The lowest BCUT2D eigenvalue weighted by Crippen LogP contribution is -2.46. The molecule has 0 aliphatic carbocycles. The molecule has 0 spiro atoms. The molecule has 136 valence electrons. The van der Waals surface area contributed by atoms with Gasteiger partial charge in [0.15, 0.2) is 5.96 Å². The van der Waals surface area contributed by atoms with Crippen LogP contribution in [-0.4, -0.2) is 51.8 Å². The summed E-state index contributed by atoms with van der Waals surface area (Å²) in [5.41, 5.74) is 1.08. The molecule has 1 aliphatic rings. The summed E-state index contributed by atoms with van der Waals surface area (Å²) in [4.78, 5) is 7.10. The number of halogens is 1. The lowest BCUT2D eigenvalue weighted by Gasteiger charge is -2.33. The van der Waals surface area contributed by atoms with Crippen molar-refractivity contribution in [3.05, 3.63) is 24.3 Å². The molecule has 1 aromatic rings. The lowest BCUT2D eigenvalue weighted by atomic mass is 10.00. The third-order valence-electron chi connectivity index (χ3n) is 4.23. The number of likely N-dealkylation sites (tertiary alicyclic amines) is 1. The van der Waals surface area contributed by atoms with E-state index < -0.39 is 0 Å². The normalized spacial score (nSPS) is 16.0. The van der Waals surface area contributed by atoms with Crippen LogP contribution in [0.1, 0.15) is 39.4 Å². The van der Waals surface area contributed by atoms with Gasteiger partial charge in [-0.15, -0.1) is 34.2 Å². The molecule has 0 atom stereocenters. The van der Waals surface area contributed by atoms with Gasteiger partial charge in [-0.05, 0) is 25.7 Å². The highest BCUT2D eigenvalue weighted by molar-refractivity contribution is 14.0. The van der Waals surface area contributed by atoms with Crippen molar-refractivity contribution in [1.29, 1.82) is 0 Å².